The van der Waals surface area contributed by atoms with Gasteiger partial charge in [0.25, 0.3) is 0 Å². The first-order valence-electron chi connectivity index (χ1n) is 5.40. The Labute approximate surface area is 103 Å². The minimum Gasteiger partial charge on any atom is -0.388 e. The third-order valence-corrected chi connectivity index (χ3v) is 3.55. The van der Waals surface area contributed by atoms with Crippen LogP contribution in [0, 0.1) is 11.7 Å². The summed E-state index contributed by atoms with van der Waals surface area (Å²) in [5.41, 5.74) is 0.352. The summed E-state index contributed by atoms with van der Waals surface area (Å²) in [4.78, 5) is 0. The number of benzene rings is 1. The van der Waals surface area contributed by atoms with E-state index in [4.69, 9.17) is 4.74 Å². The van der Waals surface area contributed by atoms with Gasteiger partial charge >= 0.3 is 0 Å². The minimum atomic E-state index is -0.780. The Morgan fingerprint density at radius 2 is 2.31 bits per heavy atom. The van der Waals surface area contributed by atoms with Gasteiger partial charge in [-0.15, -0.1) is 0 Å². The molecule has 1 saturated heterocycles. The molecule has 0 radical (unpaired) electrons. The molecule has 2 rings (SSSR count). The van der Waals surface area contributed by atoms with Crippen LogP contribution < -0.4 is 0 Å². The molecule has 16 heavy (non-hydrogen) atoms. The number of ether oxygens (including phenoxy) is 1. The topological polar surface area (TPSA) is 29.5 Å². The maximum Gasteiger partial charge on any atom is 0.143 e. The van der Waals surface area contributed by atoms with Crippen LogP contribution in [-0.2, 0) is 4.74 Å². The molecular weight excluding hydrogens is 275 g/mol. The Kier molecular flexibility index (Phi) is 3.95. The van der Waals surface area contributed by atoms with Gasteiger partial charge in [0.05, 0.1) is 17.2 Å². The normalized spacial score (nSPS) is 23.1. The first kappa shape index (κ1) is 12.0. The largest absolute Gasteiger partial charge is 0.388 e. The SMILES string of the molecule is OC(c1cccc(Br)c1F)C1CCCOC1. The predicted molar refractivity (Wildman–Crippen MR) is 62.6 cm³/mol. The monoisotopic (exact) mass is 288 g/mol. The third-order valence-electron chi connectivity index (χ3n) is 2.94. The Hall–Kier alpha value is -0.450. The Balaban J connectivity index is 2.19. The smallest absolute Gasteiger partial charge is 0.143 e. The number of hydrogen-bond acceptors (Lipinski definition) is 2. The fraction of sp³-hybridized carbons (Fsp3) is 0.500. The van der Waals surface area contributed by atoms with Gasteiger partial charge in [-0.2, -0.15) is 0 Å². The van der Waals surface area contributed by atoms with Gasteiger partial charge in [-0.25, -0.2) is 4.39 Å². The molecule has 88 valence electrons. The second-order valence-corrected chi connectivity index (χ2v) is 4.92. The fourth-order valence-corrected chi connectivity index (χ4v) is 2.40. The van der Waals surface area contributed by atoms with Gasteiger partial charge in [-0.05, 0) is 34.8 Å². The van der Waals surface area contributed by atoms with E-state index in [9.17, 15) is 9.50 Å². The van der Waals surface area contributed by atoms with Gasteiger partial charge in [0.15, 0.2) is 0 Å². The summed E-state index contributed by atoms with van der Waals surface area (Å²) in [6.07, 6.45) is 1.03. The Morgan fingerprint density at radius 3 is 3.00 bits per heavy atom. The van der Waals surface area contributed by atoms with Gasteiger partial charge in [-0.3, -0.25) is 0 Å². The molecule has 2 unspecified atom stereocenters. The van der Waals surface area contributed by atoms with E-state index in [-0.39, 0.29) is 11.7 Å². The number of halogens is 2. The average Bonchev–Trinajstić information content (AvgIpc) is 2.33. The molecule has 0 spiro atoms. The van der Waals surface area contributed by atoms with E-state index in [1.807, 2.05) is 0 Å². The van der Waals surface area contributed by atoms with Gasteiger partial charge in [0, 0.05) is 18.1 Å². The molecule has 0 aromatic heterocycles. The second-order valence-electron chi connectivity index (χ2n) is 4.07. The number of aliphatic hydroxyl groups is 1. The van der Waals surface area contributed by atoms with Crippen LogP contribution in [0.1, 0.15) is 24.5 Å². The van der Waals surface area contributed by atoms with Crippen LogP contribution in [0.15, 0.2) is 22.7 Å². The number of rotatable bonds is 2. The van der Waals surface area contributed by atoms with Gasteiger partial charge in [0.1, 0.15) is 5.82 Å². The summed E-state index contributed by atoms with van der Waals surface area (Å²) < 4.78 is 19.4. The Morgan fingerprint density at radius 1 is 1.50 bits per heavy atom. The number of hydrogen-bond donors (Lipinski definition) is 1. The molecule has 2 atom stereocenters. The molecule has 0 aliphatic carbocycles. The zero-order valence-electron chi connectivity index (χ0n) is 8.83. The molecule has 1 aromatic rings. The van der Waals surface area contributed by atoms with Crippen LogP contribution >= 0.6 is 15.9 Å². The van der Waals surface area contributed by atoms with Crippen LogP contribution in [0.2, 0.25) is 0 Å². The van der Waals surface area contributed by atoms with E-state index < -0.39 is 6.10 Å². The molecule has 1 aromatic carbocycles. The summed E-state index contributed by atoms with van der Waals surface area (Å²) in [5.74, 6) is -0.377. The van der Waals surface area contributed by atoms with E-state index in [1.54, 1.807) is 18.2 Å². The second kappa shape index (κ2) is 5.25. The number of aliphatic hydroxyl groups excluding tert-OH is 1. The van der Waals surface area contributed by atoms with E-state index >= 15 is 0 Å². The highest BCUT2D eigenvalue weighted by atomic mass is 79.9. The molecule has 4 heteroatoms. The molecule has 1 heterocycles. The lowest BCUT2D eigenvalue weighted by molar-refractivity contribution is -0.0112. The van der Waals surface area contributed by atoms with E-state index in [0.29, 0.717) is 16.6 Å². The summed E-state index contributed by atoms with van der Waals surface area (Å²) >= 11 is 3.12. The van der Waals surface area contributed by atoms with Crippen molar-refractivity contribution < 1.29 is 14.2 Å². The van der Waals surface area contributed by atoms with Gasteiger partial charge < -0.3 is 9.84 Å². The molecule has 1 aliphatic heterocycles. The lowest BCUT2D eigenvalue weighted by Crippen LogP contribution is -2.24. The van der Waals surface area contributed by atoms with Crippen molar-refractivity contribution >= 4 is 15.9 Å². The lowest BCUT2D eigenvalue weighted by Gasteiger charge is -2.27. The molecule has 1 fully saturated rings. The van der Waals surface area contributed by atoms with Crippen LogP contribution in [0.5, 0.6) is 0 Å². The quantitative estimate of drug-likeness (QED) is 0.906. The Bertz CT molecular complexity index is 364. The molecule has 0 amide bonds. The third kappa shape index (κ3) is 2.44. The zero-order chi connectivity index (χ0) is 11.5. The maximum absolute atomic E-state index is 13.8. The van der Waals surface area contributed by atoms with Crippen molar-refractivity contribution in [1.29, 1.82) is 0 Å². The van der Waals surface area contributed by atoms with Gasteiger partial charge in [0.2, 0.25) is 0 Å². The zero-order valence-corrected chi connectivity index (χ0v) is 10.4. The molecule has 1 N–H and O–H groups in total. The van der Waals surface area contributed by atoms with Gasteiger partial charge in [-0.1, -0.05) is 12.1 Å². The minimum absolute atomic E-state index is 0.00227. The van der Waals surface area contributed by atoms with Crippen molar-refractivity contribution in [1.82, 2.24) is 0 Å². The highest BCUT2D eigenvalue weighted by Crippen LogP contribution is 2.32. The van der Waals surface area contributed by atoms with Crippen molar-refractivity contribution in [3.63, 3.8) is 0 Å². The first-order chi connectivity index (χ1) is 7.70. The van der Waals surface area contributed by atoms with Crippen molar-refractivity contribution in [3.05, 3.63) is 34.1 Å². The average molecular weight is 289 g/mol. The summed E-state index contributed by atoms with van der Waals surface area (Å²) in [5, 5.41) is 10.1. The molecular formula is C12H14BrFO2. The highest BCUT2D eigenvalue weighted by molar-refractivity contribution is 9.10. The van der Waals surface area contributed by atoms with E-state index in [2.05, 4.69) is 15.9 Å². The van der Waals surface area contributed by atoms with Crippen molar-refractivity contribution in [3.8, 4) is 0 Å². The van der Waals surface area contributed by atoms with Crippen LogP contribution in [0.4, 0.5) is 4.39 Å². The fourth-order valence-electron chi connectivity index (χ4n) is 2.02. The highest BCUT2D eigenvalue weighted by Gasteiger charge is 2.26. The lowest BCUT2D eigenvalue weighted by atomic mass is 9.91. The van der Waals surface area contributed by atoms with Crippen molar-refractivity contribution in [2.24, 2.45) is 5.92 Å². The molecule has 0 bridgehead atoms. The first-order valence-corrected chi connectivity index (χ1v) is 6.19. The molecule has 0 saturated carbocycles. The van der Waals surface area contributed by atoms with Crippen LogP contribution in [0.3, 0.4) is 0 Å². The van der Waals surface area contributed by atoms with E-state index in [0.717, 1.165) is 19.4 Å². The summed E-state index contributed by atoms with van der Waals surface area (Å²) in [6.45, 7) is 1.25. The summed E-state index contributed by atoms with van der Waals surface area (Å²) in [7, 11) is 0. The van der Waals surface area contributed by atoms with Crippen molar-refractivity contribution in [2.75, 3.05) is 13.2 Å². The van der Waals surface area contributed by atoms with E-state index in [1.165, 1.54) is 0 Å². The van der Waals surface area contributed by atoms with Crippen molar-refractivity contribution in [2.45, 2.75) is 18.9 Å². The van der Waals surface area contributed by atoms with Crippen LogP contribution in [0.25, 0.3) is 0 Å². The maximum atomic E-state index is 13.8. The standard InChI is InChI=1S/C12H14BrFO2/c13-10-5-1-4-9(11(10)14)12(15)8-3-2-6-16-7-8/h1,4-5,8,12,15H,2-3,6-7H2. The molecule has 1 aliphatic rings. The summed E-state index contributed by atoms with van der Waals surface area (Å²) in [6, 6.07) is 4.98. The van der Waals surface area contributed by atoms with Crippen LogP contribution in [-0.4, -0.2) is 18.3 Å². The molecule has 2 nitrogen and oxygen atoms in total. The predicted octanol–water partition coefficient (Wildman–Crippen LogP) is 3.05.